The third kappa shape index (κ3) is 3.85. The van der Waals surface area contributed by atoms with E-state index in [2.05, 4.69) is 13.8 Å². The van der Waals surface area contributed by atoms with Crippen LogP contribution in [-0.2, 0) is 4.79 Å². The second-order valence-electron chi connectivity index (χ2n) is 6.54. The molecule has 0 spiro atoms. The molecule has 5 heteroatoms. The van der Waals surface area contributed by atoms with Crippen LogP contribution < -0.4 is 0 Å². The van der Waals surface area contributed by atoms with Crippen LogP contribution in [-0.4, -0.2) is 52.6 Å². The predicted molar refractivity (Wildman–Crippen MR) is 72.0 cm³/mol. The zero-order valence-corrected chi connectivity index (χ0v) is 11.9. The van der Waals surface area contributed by atoms with Crippen LogP contribution in [0.25, 0.3) is 0 Å². The lowest BCUT2D eigenvalue weighted by Gasteiger charge is -2.40. The number of carboxylic acid groups (broad SMARTS) is 1. The van der Waals surface area contributed by atoms with E-state index >= 15 is 0 Å². The fourth-order valence-electron chi connectivity index (χ4n) is 2.80. The van der Waals surface area contributed by atoms with Crippen LogP contribution in [0.2, 0.25) is 0 Å². The highest BCUT2D eigenvalue weighted by molar-refractivity contribution is 5.76. The van der Waals surface area contributed by atoms with E-state index < -0.39 is 5.97 Å². The monoisotopic (exact) mass is 268 g/mol. The van der Waals surface area contributed by atoms with E-state index in [9.17, 15) is 9.59 Å². The fraction of sp³-hybridized carbons (Fsp3) is 0.857. The Morgan fingerprint density at radius 2 is 2.05 bits per heavy atom. The molecule has 2 amide bonds. The molecule has 1 N–H and O–H groups in total. The van der Waals surface area contributed by atoms with E-state index in [1.165, 1.54) is 0 Å². The molecule has 5 nitrogen and oxygen atoms in total. The lowest BCUT2D eigenvalue weighted by molar-refractivity contribution is -0.137. The molecule has 2 aliphatic rings. The van der Waals surface area contributed by atoms with E-state index in [-0.39, 0.29) is 23.9 Å². The highest BCUT2D eigenvalue weighted by Gasteiger charge is 2.37. The van der Waals surface area contributed by atoms with Crippen molar-refractivity contribution in [3.8, 4) is 0 Å². The smallest absolute Gasteiger partial charge is 0.320 e. The van der Waals surface area contributed by atoms with Crippen LogP contribution in [0, 0.1) is 5.41 Å². The molecule has 0 aromatic carbocycles. The average molecular weight is 268 g/mol. The van der Waals surface area contributed by atoms with Crippen molar-refractivity contribution in [3.63, 3.8) is 0 Å². The van der Waals surface area contributed by atoms with Crippen LogP contribution in [0.1, 0.15) is 46.0 Å². The van der Waals surface area contributed by atoms with Crippen molar-refractivity contribution in [3.05, 3.63) is 0 Å². The van der Waals surface area contributed by atoms with Gasteiger partial charge in [-0.05, 0) is 31.1 Å². The molecule has 1 saturated carbocycles. The molecule has 1 aliphatic carbocycles. The summed E-state index contributed by atoms with van der Waals surface area (Å²) < 4.78 is 0. The lowest BCUT2D eigenvalue weighted by Crippen LogP contribution is -2.50. The molecule has 1 heterocycles. The van der Waals surface area contributed by atoms with Gasteiger partial charge in [-0.15, -0.1) is 0 Å². The van der Waals surface area contributed by atoms with Gasteiger partial charge in [-0.2, -0.15) is 0 Å². The Labute approximate surface area is 114 Å². The standard InChI is InChI=1S/C14H24N2O3/c1-14(2)7-3-8-15(10-14)13(19)16(11-4-5-11)9-6-12(17)18/h11H,3-10H2,1-2H3,(H,17,18). The Hall–Kier alpha value is -1.26. The van der Waals surface area contributed by atoms with E-state index in [0.29, 0.717) is 6.54 Å². The first-order chi connectivity index (χ1) is 8.89. The molecule has 0 radical (unpaired) electrons. The summed E-state index contributed by atoms with van der Waals surface area (Å²) in [5.41, 5.74) is 0.177. The van der Waals surface area contributed by atoms with E-state index in [1.54, 1.807) is 4.90 Å². The molecule has 1 saturated heterocycles. The van der Waals surface area contributed by atoms with Crippen molar-refractivity contribution in [1.82, 2.24) is 9.80 Å². The summed E-state index contributed by atoms with van der Waals surface area (Å²) in [6, 6.07) is 0.313. The summed E-state index contributed by atoms with van der Waals surface area (Å²) in [5, 5.41) is 8.79. The maximum Gasteiger partial charge on any atom is 0.320 e. The fourth-order valence-corrected chi connectivity index (χ4v) is 2.80. The molecular weight excluding hydrogens is 244 g/mol. The number of nitrogens with zero attached hydrogens (tertiary/aromatic N) is 2. The SMILES string of the molecule is CC1(C)CCCN(C(=O)N(CCC(=O)O)C2CC2)C1. The van der Waals surface area contributed by atoms with Gasteiger partial charge in [0.1, 0.15) is 0 Å². The van der Waals surface area contributed by atoms with Crippen molar-refractivity contribution in [2.45, 2.75) is 52.0 Å². The number of aliphatic carboxylic acids is 1. The molecular formula is C14H24N2O3. The molecule has 19 heavy (non-hydrogen) atoms. The van der Waals surface area contributed by atoms with Crippen molar-refractivity contribution in [1.29, 1.82) is 0 Å². The van der Waals surface area contributed by atoms with Gasteiger partial charge in [-0.3, -0.25) is 4.79 Å². The Kier molecular flexibility index (Phi) is 4.02. The molecule has 0 unspecified atom stereocenters. The second kappa shape index (κ2) is 5.39. The average Bonchev–Trinajstić information content (AvgIpc) is 3.11. The molecule has 2 fully saturated rings. The van der Waals surface area contributed by atoms with Gasteiger partial charge < -0.3 is 14.9 Å². The maximum absolute atomic E-state index is 12.5. The van der Waals surface area contributed by atoms with Gasteiger partial charge >= 0.3 is 12.0 Å². The minimum absolute atomic E-state index is 0.0384. The van der Waals surface area contributed by atoms with Crippen molar-refractivity contribution in [2.24, 2.45) is 5.41 Å². The molecule has 0 aromatic heterocycles. The quantitative estimate of drug-likeness (QED) is 0.850. The summed E-state index contributed by atoms with van der Waals surface area (Å²) >= 11 is 0. The van der Waals surface area contributed by atoms with Gasteiger partial charge in [0.15, 0.2) is 0 Å². The van der Waals surface area contributed by atoms with Crippen LogP contribution >= 0.6 is 0 Å². The van der Waals surface area contributed by atoms with Crippen molar-refractivity contribution in [2.75, 3.05) is 19.6 Å². The minimum atomic E-state index is -0.836. The molecule has 0 bridgehead atoms. The third-order valence-corrected chi connectivity index (χ3v) is 3.97. The zero-order valence-electron chi connectivity index (χ0n) is 11.9. The highest BCUT2D eigenvalue weighted by atomic mass is 16.4. The summed E-state index contributed by atoms with van der Waals surface area (Å²) in [7, 11) is 0. The van der Waals surface area contributed by atoms with Gasteiger partial charge in [0.25, 0.3) is 0 Å². The number of hydrogen-bond donors (Lipinski definition) is 1. The van der Waals surface area contributed by atoms with Gasteiger partial charge in [0.05, 0.1) is 6.42 Å². The Balaban J connectivity index is 1.96. The van der Waals surface area contributed by atoms with Crippen LogP contribution in [0.5, 0.6) is 0 Å². The number of carbonyl (C=O) groups is 2. The van der Waals surface area contributed by atoms with Crippen LogP contribution in [0.3, 0.4) is 0 Å². The Morgan fingerprint density at radius 3 is 2.58 bits per heavy atom. The molecule has 2 rings (SSSR count). The van der Waals surface area contributed by atoms with Gasteiger partial charge in [-0.25, -0.2) is 4.79 Å². The zero-order chi connectivity index (χ0) is 14.0. The summed E-state index contributed by atoms with van der Waals surface area (Å²) in [5.74, 6) is -0.836. The largest absolute Gasteiger partial charge is 0.481 e. The van der Waals surface area contributed by atoms with Gasteiger partial charge in [-0.1, -0.05) is 13.8 Å². The number of carbonyl (C=O) groups excluding carboxylic acids is 1. The van der Waals surface area contributed by atoms with Crippen LogP contribution in [0.4, 0.5) is 4.79 Å². The Morgan fingerprint density at radius 1 is 1.37 bits per heavy atom. The number of urea groups is 1. The summed E-state index contributed by atoms with van der Waals surface area (Å²) in [6.45, 7) is 6.30. The van der Waals surface area contributed by atoms with E-state index in [0.717, 1.165) is 38.8 Å². The summed E-state index contributed by atoms with van der Waals surface area (Å²) in [4.78, 5) is 26.9. The molecule has 0 aromatic rings. The number of amides is 2. The molecule has 0 atom stereocenters. The topological polar surface area (TPSA) is 60.9 Å². The number of piperidine rings is 1. The molecule has 108 valence electrons. The van der Waals surface area contributed by atoms with Crippen LogP contribution in [0.15, 0.2) is 0 Å². The van der Waals surface area contributed by atoms with Gasteiger partial charge in [0.2, 0.25) is 0 Å². The third-order valence-electron chi connectivity index (χ3n) is 3.97. The lowest BCUT2D eigenvalue weighted by atomic mass is 9.84. The van der Waals surface area contributed by atoms with Crippen molar-refractivity contribution < 1.29 is 14.7 Å². The highest BCUT2D eigenvalue weighted by Crippen LogP contribution is 2.32. The first kappa shape index (κ1) is 14.2. The minimum Gasteiger partial charge on any atom is -0.481 e. The maximum atomic E-state index is 12.5. The number of likely N-dealkylation sites (tertiary alicyclic amines) is 1. The van der Waals surface area contributed by atoms with E-state index in [1.807, 2.05) is 4.90 Å². The predicted octanol–water partition coefficient (Wildman–Crippen LogP) is 2.17. The normalized spacial score (nSPS) is 22.1. The number of rotatable bonds is 4. The number of hydrogen-bond acceptors (Lipinski definition) is 2. The number of carboxylic acids is 1. The molecule has 1 aliphatic heterocycles. The van der Waals surface area contributed by atoms with E-state index in [4.69, 9.17) is 5.11 Å². The first-order valence-corrected chi connectivity index (χ1v) is 7.16. The second-order valence-corrected chi connectivity index (χ2v) is 6.54. The first-order valence-electron chi connectivity index (χ1n) is 7.16. The van der Waals surface area contributed by atoms with Gasteiger partial charge in [0, 0.05) is 25.7 Å². The summed E-state index contributed by atoms with van der Waals surface area (Å²) in [6.07, 6.45) is 4.26. The van der Waals surface area contributed by atoms with Crippen molar-refractivity contribution >= 4 is 12.0 Å². The Bertz CT molecular complexity index is 364.